The second-order valence-electron chi connectivity index (χ2n) is 4.99. The molecule has 0 radical (unpaired) electrons. The fourth-order valence-corrected chi connectivity index (χ4v) is 3.77. The molecule has 1 aromatic rings. The molecule has 2 N–H and O–H groups in total. The lowest BCUT2D eigenvalue weighted by Crippen LogP contribution is -2.61. The number of amides is 2. The molecule has 0 aromatic heterocycles. The smallest absolute Gasteiger partial charge is 0.263 e. The van der Waals surface area contributed by atoms with Crippen LogP contribution in [0.4, 0.5) is 0 Å². The quantitative estimate of drug-likeness (QED) is 0.537. The minimum atomic E-state index is -4.09. The molecule has 1 aromatic carbocycles. The Kier molecular flexibility index (Phi) is 4.88. The van der Waals surface area contributed by atoms with Crippen molar-refractivity contribution in [1.29, 1.82) is 0 Å². The van der Waals surface area contributed by atoms with Crippen LogP contribution in [0.1, 0.15) is 0 Å². The topological polar surface area (TPSA) is 116 Å². The van der Waals surface area contributed by atoms with Gasteiger partial charge in [0.15, 0.2) is 0 Å². The molecule has 23 heavy (non-hydrogen) atoms. The predicted molar refractivity (Wildman–Crippen MR) is 78.2 cm³/mol. The summed E-state index contributed by atoms with van der Waals surface area (Å²) in [4.78, 5) is 24.8. The number of hydrogen-bond donors (Lipinski definition) is 2. The summed E-state index contributed by atoms with van der Waals surface area (Å²) in [5, 5.41) is 8.82. The molecular formula is C13H17N3O6S. The molecule has 1 aliphatic rings. The van der Waals surface area contributed by atoms with Crippen molar-refractivity contribution in [3.8, 4) is 5.75 Å². The van der Waals surface area contributed by atoms with E-state index in [0.717, 1.165) is 4.31 Å². The standard InChI is InChI=1S/C13H17N3O6S/c1-15-7-11(13(18)14-19)16(8-12(15)17)23(20,21)10-5-3-9(22-2)4-6-10/h3-6,11,19H,7-8H2,1-2H3,(H,14,18). The number of carbonyl (C=O) groups excluding carboxylic acids is 2. The van der Waals surface area contributed by atoms with Crippen LogP contribution in [0.15, 0.2) is 29.2 Å². The Morgan fingerprint density at radius 3 is 2.48 bits per heavy atom. The molecular weight excluding hydrogens is 326 g/mol. The molecule has 10 heteroatoms. The molecule has 0 bridgehead atoms. The van der Waals surface area contributed by atoms with Gasteiger partial charge in [-0.2, -0.15) is 4.31 Å². The van der Waals surface area contributed by atoms with Crippen molar-refractivity contribution < 1.29 is 28.0 Å². The second kappa shape index (κ2) is 6.52. The van der Waals surface area contributed by atoms with Crippen LogP contribution >= 0.6 is 0 Å². The molecule has 1 aliphatic heterocycles. The first-order valence-electron chi connectivity index (χ1n) is 6.65. The van der Waals surface area contributed by atoms with E-state index in [0.29, 0.717) is 5.75 Å². The van der Waals surface area contributed by atoms with Crippen LogP contribution in [0.5, 0.6) is 5.75 Å². The molecule has 2 rings (SSSR count). The Morgan fingerprint density at radius 2 is 1.96 bits per heavy atom. The Hall–Kier alpha value is -2.17. The number of rotatable bonds is 4. The number of hydroxylamine groups is 1. The number of nitrogens with zero attached hydrogens (tertiary/aromatic N) is 2. The van der Waals surface area contributed by atoms with Crippen LogP contribution in [0.3, 0.4) is 0 Å². The first-order valence-corrected chi connectivity index (χ1v) is 8.09. The normalized spacial score (nSPS) is 19.5. The molecule has 0 spiro atoms. The summed E-state index contributed by atoms with van der Waals surface area (Å²) in [7, 11) is -1.18. The van der Waals surface area contributed by atoms with Gasteiger partial charge in [-0.05, 0) is 24.3 Å². The molecule has 1 fully saturated rings. The number of ether oxygens (including phenoxy) is 1. The van der Waals surface area contributed by atoms with Crippen LogP contribution in [-0.2, 0) is 19.6 Å². The van der Waals surface area contributed by atoms with Gasteiger partial charge in [0, 0.05) is 13.6 Å². The van der Waals surface area contributed by atoms with Crippen molar-refractivity contribution in [2.75, 3.05) is 27.2 Å². The highest BCUT2D eigenvalue weighted by Crippen LogP contribution is 2.23. The summed E-state index contributed by atoms with van der Waals surface area (Å²) in [5.41, 5.74) is 1.44. The van der Waals surface area contributed by atoms with Gasteiger partial charge in [-0.1, -0.05) is 0 Å². The highest BCUT2D eigenvalue weighted by Gasteiger charge is 2.42. The zero-order valence-electron chi connectivity index (χ0n) is 12.6. The summed E-state index contributed by atoms with van der Waals surface area (Å²) < 4.78 is 31.2. The average Bonchev–Trinajstić information content (AvgIpc) is 2.56. The summed E-state index contributed by atoms with van der Waals surface area (Å²) in [6.45, 7) is -0.635. The van der Waals surface area contributed by atoms with Gasteiger partial charge in [0.05, 0.1) is 18.6 Å². The van der Waals surface area contributed by atoms with E-state index in [1.54, 1.807) is 0 Å². The summed E-state index contributed by atoms with van der Waals surface area (Å²) in [6.07, 6.45) is 0. The number of piperazine rings is 1. The van der Waals surface area contributed by atoms with E-state index in [2.05, 4.69) is 0 Å². The van der Waals surface area contributed by atoms with Crippen molar-refractivity contribution in [2.24, 2.45) is 0 Å². The van der Waals surface area contributed by atoms with Gasteiger partial charge in [-0.25, -0.2) is 13.9 Å². The highest BCUT2D eigenvalue weighted by atomic mass is 32.2. The van der Waals surface area contributed by atoms with Crippen molar-refractivity contribution in [3.05, 3.63) is 24.3 Å². The molecule has 1 saturated heterocycles. The predicted octanol–water partition coefficient (Wildman–Crippen LogP) is -0.968. The largest absolute Gasteiger partial charge is 0.497 e. The third kappa shape index (κ3) is 3.28. The lowest BCUT2D eigenvalue weighted by molar-refractivity contribution is -0.141. The first-order chi connectivity index (χ1) is 10.8. The van der Waals surface area contributed by atoms with Gasteiger partial charge in [0.2, 0.25) is 15.9 Å². The van der Waals surface area contributed by atoms with E-state index in [1.807, 2.05) is 0 Å². The van der Waals surface area contributed by atoms with Crippen molar-refractivity contribution in [2.45, 2.75) is 10.9 Å². The molecule has 2 amide bonds. The van der Waals surface area contributed by atoms with E-state index >= 15 is 0 Å². The van der Waals surface area contributed by atoms with Crippen LogP contribution in [0.2, 0.25) is 0 Å². The number of benzene rings is 1. The minimum Gasteiger partial charge on any atom is -0.497 e. The number of methoxy groups -OCH3 is 1. The Labute approximate surface area is 133 Å². The lowest BCUT2D eigenvalue weighted by Gasteiger charge is -2.37. The average molecular weight is 343 g/mol. The fourth-order valence-electron chi connectivity index (χ4n) is 2.24. The van der Waals surface area contributed by atoms with E-state index in [-0.39, 0.29) is 11.4 Å². The summed E-state index contributed by atoms with van der Waals surface area (Å²) >= 11 is 0. The van der Waals surface area contributed by atoms with Crippen molar-refractivity contribution in [1.82, 2.24) is 14.7 Å². The van der Waals surface area contributed by atoms with Gasteiger partial charge in [-0.15, -0.1) is 0 Å². The van der Waals surface area contributed by atoms with Gasteiger partial charge in [-0.3, -0.25) is 14.8 Å². The number of hydrogen-bond acceptors (Lipinski definition) is 6. The molecule has 1 heterocycles. The fraction of sp³-hybridized carbons (Fsp3) is 0.385. The van der Waals surface area contributed by atoms with Crippen LogP contribution < -0.4 is 10.2 Å². The molecule has 1 atom stereocenters. The van der Waals surface area contributed by atoms with Crippen LogP contribution in [0.25, 0.3) is 0 Å². The van der Waals surface area contributed by atoms with E-state index in [4.69, 9.17) is 9.94 Å². The molecule has 0 aliphatic carbocycles. The maximum atomic E-state index is 12.7. The SMILES string of the molecule is COc1ccc(S(=O)(=O)N2CC(=O)N(C)CC2C(=O)NO)cc1. The number of nitrogens with one attached hydrogen (secondary N) is 1. The number of likely N-dealkylation sites (N-methyl/N-ethyl adjacent to an activating group) is 1. The van der Waals surface area contributed by atoms with E-state index < -0.39 is 34.4 Å². The minimum absolute atomic E-state index is 0.0774. The Morgan fingerprint density at radius 1 is 1.35 bits per heavy atom. The lowest BCUT2D eigenvalue weighted by atomic mass is 10.2. The first kappa shape index (κ1) is 17.2. The zero-order chi connectivity index (χ0) is 17.2. The third-order valence-electron chi connectivity index (χ3n) is 3.59. The monoisotopic (exact) mass is 343 g/mol. The van der Waals surface area contributed by atoms with E-state index in [9.17, 15) is 18.0 Å². The summed E-state index contributed by atoms with van der Waals surface area (Å²) in [6, 6.07) is 4.36. The van der Waals surface area contributed by atoms with Gasteiger partial charge in [0.1, 0.15) is 11.8 Å². The zero-order valence-corrected chi connectivity index (χ0v) is 13.4. The Balaban J connectivity index is 2.40. The molecule has 1 unspecified atom stereocenters. The number of carbonyl (C=O) groups is 2. The van der Waals surface area contributed by atoms with Gasteiger partial charge < -0.3 is 9.64 Å². The summed E-state index contributed by atoms with van der Waals surface area (Å²) in [5.74, 6) is -0.867. The van der Waals surface area contributed by atoms with Crippen LogP contribution in [-0.4, -0.2) is 67.9 Å². The number of sulfonamides is 1. The molecule has 0 saturated carbocycles. The molecule has 9 nitrogen and oxygen atoms in total. The third-order valence-corrected chi connectivity index (χ3v) is 5.46. The van der Waals surface area contributed by atoms with Crippen molar-refractivity contribution in [3.63, 3.8) is 0 Å². The molecule has 126 valence electrons. The maximum Gasteiger partial charge on any atom is 0.263 e. The second-order valence-corrected chi connectivity index (χ2v) is 6.88. The maximum absolute atomic E-state index is 12.7. The Bertz CT molecular complexity index is 703. The van der Waals surface area contributed by atoms with Crippen LogP contribution in [0, 0.1) is 0 Å². The van der Waals surface area contributed by atoms with Gasteiger partial charge in [0.25, 0.3) is 5.91 Å². The van der Waals surface area contributed by atoms with Crippen molar-refractivity contribution >= 4 is 21.8 Å². The highest BCUT2D eigenvalue weighted by molar-refractivity contribution is 7.89. The van der Waals surface area contributed by atoms with E-state index in [1.165, 1.54) is 48.8 Å². The van der Waals surface area contributed by atoms with Gasteiger partial charge >= 0.3 is 0 Å².